The van der Waals surface area contributed by atoms with Crippen LogP contribution >= 0.6 is 0 Å². The third-order valence-corrected chi connectivity index (χ3v) is 0.695. The lowest BCUT2D eigenvalue weighted by molar-refractivity contribution is -0.128. The highest BCUT2D eigenvalue weighted by Gasteiger charge is 2.18. The molecule has 0 rings (SSSR count). The molecule has 0 saturated carbocycles. The largest absolute Gasteiger partial charge is 0.381 e. The number of carbonyl (C=O) groups is 2. The van der Waals surface area contributed by atoms with E-state index in [-0.39, 0.29) is 0 Å². The molecule has 0 saturated heterocycles. The quantitative estimate of drug-likeness (QED) is 0.206. The normalized spacial score (nSPS) is 8.40. The molecule has 0 unspecified atom stereocenters. The molecule has 0 aromatic rings. The average Bonchev–Trinajstić information content (AvgIpc) is 1.84. The second kappa shape index (κ2) is 2.72. The fourth-order valence-corrected chi connectivity index (χ4v) is 0.245. The highest BCUT2D eigenvalue weighted by atomic mass is 16.2. The molecule has 0 aliphatic rings. The van der Waals surface area contributed by atoms with E-state index in [1.54, 1.807) is 0 Å². The number of nitrogens with one attached hydrogen (secondary N) is 2. The van der Waals surface area contributed by atoms with Crippen molar-refractivity contribution in [1.82, 2.24) is 0 Å². The maximum absolute atomic E-state index is 10.4. The molecule has 6 nitrogen and oxygen atoms in total. The number of Topliss-reactive ketones (excluding diaryl/α,β-unsaturated/α-hetero) is 2. The van der Waals surface area contributed by atoms with Crippen molar-refractivity contribution in [3.63, 3.8) is 0 Å². The molecule has 0 bridgehead atoms. The molecule has 0 aromatic carbocycles. The van der Waals surface area contributed by atoms with Crippen molar-refractivity contribution in [1.29, 1.82) is 10.8 Å². The summed E-state index contributed by atoms with van der Waals surface area (Å²) in [7, 11) is 0. The summed E-state index contributed by atoms with van der Waals surface area (Å²) in [5, 5.41) is 13.0. The van der Waals surface area contributed by atoms with Crippen LogP contribution in [0.1, 0.15) is 0 Å². The van der Waals surface area contributed by atoms with E-state index >= 15 is 0 Å². The SMILES string of the molecule is N=C(N)C(=O)C(=O)C(=N)N. The summed E-state index contributed by atoms with van der Waals surface area (Å²) in [6, 6.07) is 0. The third kappa shape index (κ3) is 1.66. The molecule has 6 heteroatoms. The van der Waals surface area contributed by atoms with E-state index in [9.17, 15) is 9.59 Å². The van der Waals surface area contributed by atoms with Crippen LogP contribution in [0.2, 0.25) is 0 Å². The number of nitrogens with two attached hydrogens (primary N) is 2. The Hall–Kier alpha value is -1.72. The van der Waals surface area contributed by atoms with Gasteiger partial charge in [0.1, 0.15) is 0 Å². The van der Waals surface area contributed by atoms with E-state index in [4.69, 9.17) is 10.8 Å². The summed E-state index contributed by atoms with van der Waals surface area (Å²) in [4.78, 5) is 20.7. The van der Waals surface area contributed by atoms with Crippen LogP contribution in [-0.4, -0.2) is 23.2 Å². The average molecular weight is 142 g/mol. The van der Waals surface area contributed by atoms with E-state index in [0.29, 0.717) is 0 Å². The van der Waals surface area contributed by atoms with Crippen molar-refractivity contribution in [3.05, 3.63) is 0 Å². The van der Waals surface area contributed by atoms with Crippen LogP contribution in [0.5, 0.6) is 0 Å². The Bertz CT molecular complexity index is 195. The summed E-state index contributed by atoms with van der Waals surface area (Å²) in [6.45, 7) is 0. The van der Waals surface area contributed by atoms with Gasteiger partial charge in [-0.2, -0.15) is 0 Å². The van der Waals surface area contributed by atoms with Gasteiger partial charge in [0.25, 0.3) is 11.6 Å². The molecule has 10 heavy (non-hydrogen) atoms. The van der Waals surface area contributed by atoms with Crippen LogP contribution in [-0.2, 0) is 9.59 Å². The number of amidine groups is 2. The highest BCUT2D eigenvalue weighted by Crippen LogP contribution is 1.74. The number of hydrogen-bond acceptors (Lipinski definition) is 4. The van der Waals surface area contributed by atoms with E-state index in [1.165, 1.54) is 0 Å². The van der Waals surface area contributed by atoms with Gasteiger partial charge in [0.15, 0.2) is 11.7 Å². The van der Waals surface area contributed by atoms with Gasteiger partial charge in [0.2, 0.25) is 0 Å². The summed E-state index contributed by atoms with van der Waals surface area (Å²) < 4.78 is 0. The van der Waals surface area contributed by atoms with E-state index in [0.717, 1.165) is 0 Å². The number of carbonyl (C=O) groups excluding carboxylic acids is 2. The van der Waals surface area contributed by atoms with Crippen LogP contribution in [0.4, 0.5) is 0 Å². The molecule has 0 aliphatic heterocycles. The Labute approximate surface area is 56.2 Å². The summed E-state index contributed by atoms with van der Waals surface area (Å²) in [6.07, 6.45) is 0. The Morgan fingerprint density at radius 2 is 1.10 bits per heavy atom. The van der Waals surface area contributed by atoms with Crippen molar-refractivity contribution in [3.8, 4) is 0 Å². The van der Waals surface area contributed by atoms with Crippen LogP contribution in [0.15, 0.2) is 0 Å². The fraction of sp³-hybridized carbons (Fsp3) is 0. The van der Waals surface area contributed by atoms with Crippen LogP contribution in [0.25, 0.3) is 0 Å². The number of ketones is 2. The Morgan fingerprint density at radius 3 is 1.20 bits per heavy atom. The lowest BCUT2D eigenvalue weighted by Gasteiger charge is -1.92. The van der Waals surface area contributed by atoms with E-state index in [1.807, 2.05) is 0 Å². The van der Waals surface area contributed by atoms with Crippen LogP contribution < -0.4 is 11.5 Å². The van der Waals surface area contributed by atoms with Crippen molar-refractivity contribution in [2.75, 3.05) is 0 Å². The lowest BCUT2D eigenvalue weighted by atomic mass is 10.2. The van der Waals surface area contributed by atoms with Gasteiger partial charge in [-0.25, -0.2) is 0 Å². The number of rotatable bonds is 3. The Kier molecular flexibility index (Phi) is 2.25. The zero-order valence-electron chi connectivity index (χ0n) is 4.97. The maximum atomic E-state index is 10.4. The van der Waals surface area contributed by atoms with Gasteiger partial charge < -0.3 is 11.5 Å². The zero-order valence-corrected chi connectivity index (χ0v) is 4.97. The van der Waals surface area contributed by atoms with Gasteiger partial charge in [-0.15, -0.1) is 0 Å². The molecule has 6 N–H and O–H groups in total. The third-order valence-electron chi connectivity index (χ3n) is 0.695. The Balaban J connectivity index is 4.39. The van der Waals surface area contributed by atoms with Gasteiger partial charge in [0.05, 0.1) is 0 Å². The zero-order chi connectivity index (χ0) is 8.31. The van der Waals surface area contributed by atoms with Crippen molar-refractivity contribution in [2.45, 2.75) is 0 Å². The molecule has 0 aliphatic carbocycles. The standard InChI is InChI=1S/C4H6N4O2/c5-3(6)1(9)2(10)4(7)8/h(H3,5,6)(H3,7,8). The van der Waals surface area contributed by atoms with Gasteiger partial charge >= 0.3 is 0 Å². The Morgan fingerprint density at radius 1 is 0.900 bits per heavy atom. The van der Waals surface area contributed by atoms with Gasteiger partial charge in [-0.05, 0) is 0 Å². The minimum atomic E-state index is -1.24. The first-order chi connectivity index (χ1) is 4.46. The van der Waals surface area contributed by atoms with Gasteiger partial charge in [-0.3, -0.25) is 20.4 Å². The molecule has 0 aromatic heterocycles. The van der Waals surface area contributed by atoms with Crippen LogP contribution in [0.3, 0.4) is 0 Å². The predicted molar refractivity (Wildman–Crippen MR) is 33.8 cm³/mol. The molecule has 0 atom stereocenters. The molecule has 0 radical (unpaired) electrons. The second-order valence-corrected chi connectivity index (χ2v) is 1.49. The maximum Gasteiger partial charge on any atom is 0.270 e. The predicted octanol–water partition coefficient (Wildman–Crippen LogP) is -2.00. The van der Waals surface area contributed by atoms with Crippen molar-refractivity contribution < 1.29 is 9.59 Å². The molecule has 54 valence electrons. The number of hydrogen-bond donors (Lipinski definition) is 4. The van der Waals surface area contributed by atoms with Crippen molar-refractivity contribution in [2.24, 2.45) is 11.5 Å². The first-order valence-electron chi connectivity index (χ1n) is 2.24. The minimum Gasteiger partial charge on any atom is -0.381 e. The van der Waals surface area contributed by atoms with Crippen LogP contribution in [0, 0.1) is 10.8 Å². The van der Waals surface area contributed by atoms with Crippen molar-refractivity contribution >= 4 is 23.2 Å². The molecule has 0 spiro atoms. The summed E-state index contributed by atoms with van der Waals surface area (Å²) in [5.74, 6) is -4.29. The fourth-order valence-electron chi connectivity index (χ4n) is 0.245. The molecule has 0 heterocycles. The lowest BCUT2D eigenvalue weighted by Crippen LogP contribution is -2.37. The second-order valence-electron chi connectivity index (χ2n) is 1.49. The highest BCUT2D eigenvalue weighted by molar-refractivity contribution is 6.78. The molecule has 0 amide bonds. The molecular weight excluding hydrogens is 136 g/mol. The minimum absolute atomic E-state index is 0.903. The van der Waals surface area contributed by atoms with Gasteiger partial charge in [0, 0.05) is 0 Å². The first-order valence-corrected chi connectivity index (χ1v) is 2.24. The van der Waals surface area contributed by atoms with E-state index in [2.05, 4.69) is 11.5 Å². The monoisotopic (exact) mass is 142 g/mol. The molecular formula is C4H6N4O2. The smallest absolute Gasteiger partial charge is 0.270 e. The van der Waals surface area contributed by atoms with Gasteiger partial charge in [-0.1, -0.05) is 0 Å². The topological polar surface area (TPSA) is 134 Å². The van der Waals surface area contributed by atoms with E-state index < -0.39 is 23.2 Å². The summed E-state index contributed by atoms with van der Waals surface area (Å²) >= 11 is 0. The first kappa shape index (κ1) is 8.28. The molecule has 0 fully saturated rings. The summed E-state index contributed by atoms with van der Waals surface area (Å²) in [5.41, 5.74) is 9.27.